The summed E-state index contributed by atoms with van der Waals surface area (Å²) < 4.78 is 26.2. The molecule has 1 aromatic heterocycles. The highest BCUT2D eigenvalue weighted by atomic mass is 32.2. The van der Waals surface area contributed by atoms with Gasteiger partial charge in [-0.15, -0.1) is 11.3 Å². The van der Waals surface area contributed by atoms with E-state index < -0.39 is 39.2 Å². The van der Waals surface area contributed by atoms with Gasteiger partial charge in [-0.05, 0) is 36.8 Å². The molecule has 0 spiro atoms. The quantitative estimate of drug-likeness (QED) is 0.575. The van der Waals surface area contributed by atoms with Gasteiger partial charge in [0.05, 0.1) is 34.5 Å². The van der Waals surface area contributed by atoms with E-state index in [0.29, 0.717) is 17.8 Å². The van der Waals surface area contributed by atoms with Gasteiger partial charge < -0.3 is 15.3 Å². The van der Waals surface area contributed by atoms with E-state index in [4.69, 9.17) is 4.99 Å². The summed E-state index contributed by atoms with van der Waals surface area (Å²) in [6.45, 7) is 7.74. The van der Waals surface area contributed by atoms with Crippen LogP contribution in [0.2, 0.25) is 0 Å². The van der Waals surface area contributed by atoms with E-state index in [1.807, 2.05) is 45.0 Å². The van der Waals surface area contributed by atoms with Crippen LogP contribution in [0.4, 0.5) is 0 Å². The predicted molar refractivity (Wildman–Crippen MR) is 147 cm³/mol. The van der Waals surface area contributed by atoms with Crippen molar-refractivity contribution in [1.82, 2.24) is 19.5 Å². The summed E-state index contributed by atoms with van der Waals surface area (Å²) in [7, 11) is -3.61. The van der Waals surface area contributed by atoms with Gasteiger partial charge in [-0.3, -0.25) is 9.59 Å². The number of nitrogens with one attached hydrogen (secondary N) is 1. The van der Waals surface area contributed by atoms with Gasteiger partial charge in [0.25, 0.3) is 5.91 Å². The third-order valence-corrected chi connectivity index (χ3v) is 10.2. The normalized spacial score (nSPS) is 29.5. The summed E-state index contributed by atoms with van der Waals surface area (Å²) in [6.07, 6.45) is 1.05. The zero-order chi connectivity index (χ0) is 27.6. The van der Waals surface area contributed by atoms with Gasteiger partial charge in [0, 0.05) is 20.9 Å². The first-order valence-electron chi connectivity index (χ1n) is 12.6. The van der Waals surface area contributed by atoms with Crippen molar-refractivity contribution in [2.45, 2.75) is 64.3 Å². The van der Waals surface area contributed by atoms with Crippen LogP contribution in [-0.4, -0.2) is 82.9 Å². The number of rotatable bonds is 5. The highest BCUT2D eigenvalue weighted by Crippen LogP contribution is 2.40. The van der Waals surface area contributed by atoms with Crippen LogP contribution in [0.1, 0.15) is 46.3 Å². The molecule has 2 amide bonds. The van der Waals surface area contributed by atoms with E-state index >= 15 is 0 Å². The Kier molecular flexibility index (Phi) is 6.53. The molecule has 4 atom stereocenters. The van der Waals surface area contributed by atoms with Crippen molar-refractivity contribution in [3.05, 3.63) is 41.0 Å². The van der Waals surface area contributed by atoms with Gasteiger partial charge in [-0.25, -0.2) is 18.4 Å². The number of benzene rings is 1. The molecule has 38 heavy (non-hydrogen) atoms. The van der Waals surface area contributed by atoms with Crippen LogP contribution in [0, 0.1) is 12.3 Å². The molecule has 12 heteroatoms. The van der Waals surface area contributed by atoms with Crippen LogP contribution in [0.3, 0.4) is 0 Å². The molecular weight excluding hydrogens is 526 g/mol. The summed E-state index contributed by atoms with van der Waals surface area (Å²) in [5.74, 6) is -0.386. The van der Waals surface area contributed by atoms with Gasteiger partial charge in [0.2, 0.25) is 15.9 Å². The van der Waals surface area contributed by atoms with Crippen LogP contribution in [0.25, 0.3) is 10.4 Å². The van der Waals surface area contributed by atoms with Crippen LogP contribution in [0.5, 0.6) is 0 Å². The van der Waals surface area contributed by atoms with Crippen molar-refractivity contribution >= 4 is 39.0 Å². The lowest BCUT2D eigenvalue weighted by Crippen LogP contribution is -2.55. The Hall–Kier alpha value is -2.67. The smallest absolute Gasteiger partial charge is 0.257 e. The fraction of sp³-hybridized carbons (Fsp3) is 0.538. The molecule has 1 aromatic carbocycles. The molecular formula is C26H35N5O5S2. The maximum Gasteiger partial charge on any atom is 0.257 e. The van der Waals surface area contributed by atoms with Crippen LogP contribution in [-0.2, 0) is 25.2 Å². The van der Waals surface area contributed by atoms with E-state index in [1.165, 1.54) is 9.21 Å². The van der Waals surface area contributed by atoms with E-state index in [-0.39, 0.29) is 32.8 Å². The van der Waals surface area contributed by atoms with Crippen molar-refractivity contribution in [2.75, 3.05) is 19.3 Å². The fourth-order valence-corrected chi connectivity index (χ4v) is 7.77. The molecule has 5 rings (SSSR count). The monoisotopic (exact) mass is 561 g/mol. The van der Waals surface area contributed by atoms with Gasteiger partial charge >= 0.3 is 0 Å². The van der Waals surface area contributed by atoms with Crippen molar-refractivity contribution in [3.8, 4) is 10.4 Å². The van der Waals surface area contributed by atoms with Crippen LogP contribution < -0.4 is 5.32 Å². The van der Waals surface area contributed by atoms with Crippen molar-refractivity contribution in [1.29, 1.82) is 0 Å². The number of aryl methyl sites for hydroxylation is 1. The Bertz CT molecular complexity index is 1420. The van der Waals surface area contributed by atoms with Crippen molar-refractivity contribution < 1.29 is 24.5 Å². The average molecular weight is 562 g/mol. The largest absolute Gasteiger partial charge is 0.391 e. The molecule has 10 nitrogen and oxygen atoms in total. The topological polar surface area (TPSA) is 132 Å². The first kappa shape index (κ1) is 26.9. The molecule has 2 N–H and O–H groups in total. The zero-order valence-electron chi connectivity index (χ0n) is 22.1. The van der Waals surface area contributed by atoms with Crippen molar-refractivity contribution in [2.24, 2.45) is 10.4 Å². The minimum Gasteiger partial charge on any atom is -0.391 e. The zero-order valence-corrected chi connectivity index (χ0v) is 23.8. The van der Waals surface area contributed by atoms with Gasteiger partial charge in [-0.2, -0.15) is 4.31 Å². The predicted octanol–water partition coefficient (Wildman–Crippen LogP) is 2.13. The molecule has 0 aliphatic carbocycles. The van der Waals surface area contributed by atoms with Crippen molar-refractivity contribution in [3.63, 3.8) is 0 Å². The molecule has 4 heterocycles. The molecule has 0 unspecified atom stereocenters. The average Bonchev–Trinajstić information content (AvgIpc) is 3.59. The Balaban J connectivity index is 0.00000353. The first-order chi connectivity index (χ1) is 17.7. The maximum absolute atomic E-state index is 13.9. The number of sulfonamides is 1. The highest BCUT2D eigenvalue weighted by molar-refractivity contribution is 7.88. The number of amides is 2. The SMILES string of the molecule is Cc1ncsc1-c1ccc([C@]2(C)N=C([C@H]3C[C@@H](O)CN3C(=O)[C@@H]3N(S(C)(=O)=O)CCC3(C)C)NC2=O)cc1.[HH]. The summed E-state index contributed by atoms with van der Waals surface area (Å²) in [6, 6.07) is 6.07. The minimum absolute atomic E-state index is 0. The molecule has 0 bridgehead atoms. The Morgan fingerprint density at radius 1 is 1.24 bits per heavy atom. The molecule has 0 radical (unpaired) electrons. The Morgan fingerprint density at radius 3 is 2.53 bits per heavy atom. The number of hydrogen-bond donors (Lipinski definition) is 2. The van der Waals surface area contributed by atoms with Crippen LogP contribution >= 0.6 is 11.3 Å². The van der Waals surface area contributed by atoms with E-state index in [2.05, 4.69) is 10.3 Å². The number of carbonyl (C=O) groups is 2. The van der Waals surface area contributed by atoms with Crippen LogP contribution in [0.15, 0.2) is 34.8 Å². The number of amidine groups is 1. The Morgan fingerprint density at radius 2 is 1.92 bits per heavy atom. The molecule has 2 fully saturated rings. The first-order valence-corrected chi connectivity index (χ1v) is 15.3. The third kappa shape index (κ3) is 4.47. The maximum atomic E-state index is 13.9. The van der Waals surface area contributed by atoms with E-state index in [1.54, 1.807) is 23.8 Å². The lowest BCUT2D eigenvalue weighted by Gasteiger charge is -2.35. The van der Waals surface area contributed by atoms with Gasteiger partial charge in [0.1, 0.15) is 11.9 Å². The summed E-state index contributed by atoms with van der Waals surface area (Å²) in [5.41, 5.74) is 2.66. The number of aliphatic hydroxyl groups is 1. The lowest BCUT2D eigenvalue weighted by atomic mass is 9.84. The standard InChI is InChI=1S/C26H33N5O5S2.H2/c1-15-20(37-14-27-15)16-6-8-17(9-7-16)26(4)24(34)28-22(29-26)19-12-18(32)13-30(19)23(33)21-25(2,3)10-11-31(21)38(5,35)36;/h6-9,14,18-19,21,32H,10-13H2,1-5H3,(H,28,29,34);1H/t18-,19-,21+,26+;/m1./s1. The minimum atomic E-state index is -3.61. The second-order valence-electron chi connectivity index (χ2n) is 11.3. The number of carbonyl (C=O) groups excluding carboxylic acids is 2. The second kappa shape index (κ2) is 9.22. The van der Waals surface area contributed by atoms with E-state index in [9.17, 15) is 23.1 Å². The number of aliphatic imine (C=N–C) groups is 1. The van der Waals surface area contributed by atoms with E-state index in [0.717, 1.165) is 22.4 Å². The summed E-state index contributed by atoms with van der Waals surface area (Å²) in [5, 5.41) is 13.4. The second-order valence-corrected chi connectivity index (χ2v) is 14.1. The number of thiazole rings is 1. The number of hydrogen-bond acceptors (Lipinski definition) is 8. The number of aliphatic hydroxyl groups excluding tert-OH is 1. The highest BCUT2D eigenvalue weighted by Gasteiger charge is 2.53. The number of nitrogens with zero attached hydrogens (tertiary/aromatic N) is 4. The molecule has 0 saturated carbocycles. The molecule has 2 aromatic rings. The number of β-amino-alcohol motifs (C(OH)–C–C–N with tert-alkyl or cyclic N) is 1. The summed E-state index contributed by atoms with van der Waals surface area (Å²) >= 11 is 1.55. The van der Waals surface area contributed by atoms with Gasteiger partial charge in [-0.1, -0.05) is 38.1 Å². The molecule has 206 valence electrons. The lowest BCUT2D eigenvalue weighted by molar-refractivity contribution is -0.137. The Labute approximate surface area is 228 Å². The number of likely N-dealkylation sites (tertiary alicyclic amines) is 1. The summed E-state index contributed by atoms with van der Waals surface area (Å²) in [4.78, 5) is 38.7. The van der Waals surface area contributed by atoms with Gasteiger partial charge in [0.15, 0.2) is 5.54 Å². The number of aromatic nitrogens is 1. The molecule has 3 aliphatic heterocycles. The molecule has 2 saturated heterocycles. The third-order valence-electron chi connectivity index (χ3n) is 8.02. The fourth-order valence-electron chi connectivity index (χ4n) is 5.78. The molecule has 3 aliphatic rings.